The lowest BCUT2D eigenvalue weighted by Gasteiger charge is -2.40. The lowest BCUT2D eigenvalue weighted by atomic mass is 9.74. The van der Waals surface area contributed by atoms with Crippen LogP contribution in [-0.2, 0) is 11.3 Å². The van der Waals surface area contributed by atoms with E-state index in [9.17, 15) is 4.79 Å². The van der Waals surface area contributed by atoms with E-state index in [1.807, 2.05) is 66.7 Å². The molecule has 1 aliphatic heterocycles. The molecule has 4 aromatic rings. The monoisotopic (exact) mass is 479 g/mol. The van der Waals surface area contributed by atoms with Crippen LogP contribution in [0.3, 0.4) is 0 Å². The number of alkyl carbamates (subject to hydrolysis) is 1. The quantitative estimate of drug-likeness (QED) is 0.340. The SMILES string of the molecule is COc1ccc([C@@H]2c3ccccc3O[C@H](NC(=O)OCc3ccccc3)[C@H]2c2cccc(C)c2)cc1. The molecule has 3 atom stereocenters. The molecule has 5 heteroatoms. The highest BCUT2D eigenvalue weighted by atomic mass is 16.6. The number of amides is 1. The predicted molar refractivity (Wildman–Crippen MR) is 139 cm³/mol. The summed E-state index contributed by atoms with van der Waals surface area (Å²) >= 11 is 0. The van der Waals surface area contributed by atoms with Gasteiger partial charge in [-0.3, -0.25) is 5.32 Å². The first-order valence-corrected chi connectivity index (χ1v) is 12.1. The van der Waals surface area contributed by atoms with Gasteiger partial charge in [-0.05, 0) is 41.8 Å². The molecule has 1 N–H and O–H groups in total. The van der Waals surface area contributed by atoms with E-state index in [1.54, 1.807) is 7.11 Å². The Hall–Kier alpha value is -4.25. The highest BCUT2D eigenvalue weighted by molar-refractivity contribution is 5.68. The van der Waals surface area contributed by atoms with Crippen LogP contribution in [0.25, 0.3) is 0 Å². The summed E-state index contributed by atoms with van der Waals surface area (Å²) in [6.07, 6.45) is -1.15. The standard InChI is InChI=1S/C31H29NO4/c1-21-9-8-12-24(19-21)29-28(23-15-17-25(34-2)18-16-23)26-13-6-7-14-27(26)36-30(29)32-31(33)35-20-22-10-4-3-5-11-22/h3-19,28-30H,20H2,1-2H3,(H,32,33)/t28-,29+,30+/m1/s1. The van der Waals surface area contributed by atoms with Gasteiger partial charge in [-0.15, -0.1) is 0 Å². The molecule has 1 aliphatic rings. The van der Waals surface area contributed by atoms with Crippen molar-refractivity contribution in [2.24, 2.45) is 0 Å². The van der Waals surface area contributed by atoms with Gasteiger partial charge >= 0.3 is 6.09 Å². The van der Waals surface area contributed by atoms with E-state index in [0.717, 1.165) is 39.3 Å². The van der Waals surface area contributed by atoms with Crippen LogP contribution in [0.1, 0.15) is 39.7 Å². The minimum Gasteiger partial charge on any atom is -0.497 e. The summed E-state index contributed by atoms with van der Waals surface area (Å²) in [4.78, 5) is 12.9. The van der Waals surface area contributed by atoms with Crippen LogP contribution in [0, 0.1) is 6.92 Å². The van der Waals surface area contributed by atoms with Crippen molar-refractivity contribution < 1.29 is 19.0 Å². The van der Waals surface area contributed by atoms with E-state index in [-0.39, 0.29) is 18.4 Å². The number of hydrogen-bond acceptors (Lipinski definition) is 4. The molecule has 0 spiro atoms. The van der Waals surface area contributed by atoms with Crippen molar-refractivity contribution in [3.8, 4) is 11.5 Å². The van der Waals surface area contributed by atoms with E-state index < -0.39 is 12.3 Å². The number of fused-ring (bicyclic) bond motifs is 1. The third-order valence-electron chi connectivity index (χ3n) is 6.57. The third kappa shape index (κ3) is 5.05. The largest absolute Gasteiger partial charge is 0.497 e. The predicted octanol–water partition coefficient (Wildman–Crippen LogP) is 6.56. The van der Waals surface area contributed by atoms with Gasteiger partial charge in [0.1, 0.15) is 18.1 Å². The van der Waals surface area contributed by atoms with Crippen molar-refractivity contribution in [2.75, 3.05) is 7.11 Å². The number of hydrogen-bond donors (Lipinski definition) is 1. The number of carbonyl (C=O) groups is 1. The van der Waals surface area contributed by atoms with Gasteiger partial charge in [-0.2, -0.15) is 0 Å². The second-order valence-electron chi connectivity index (χ2n) is 8.97. The van der Waals surface area contributed by atoms with Crippen LogP contribution in [0.2, 0.25) is 0 Å². The smallest absolute Gasteiger partial charge is 0.410 e. The Morgan fingerprint density at radius 2 is 1.61 bits per heavy atom. The van der Waals surface area contributed by atoms with Crippen molar-refractivity contribution >= 4 is 6.09 Å². The van der Waals surface area contributed by atoms with Gasteiger partial charge in [-0.1, -0.05) is 90.5 Å². The first-order chi connectivity index (χ1) is 17.6. The van der Waals surface area contributed by atoms with Crippen LogP contribution in [-0.4, -0.2) is 19.4 Å². The molecule has 0 unspecified atom stereocenters. The van der Waals surface area contributed by atoms with Crippen LogP contribution in [0.5, 0.6) is 11.5 Å². The van der Waals surface area contributed by atoms with E-state index in [1.165, 1.54) is 0 Å². The van der Waals surface area contributed by atoms with Crippen LogP contribution < -0.4 is 14.8 Å². The molecular weight excluding hydrogens is 450 g/mol. The van der Waals surface area contributed by atoms with E-state index in [4.69, 9.17) is 14.2 Å². The van der Waals surface area contributed by atoms with Crippen molar-refractivity contribution in [3.05, 3.63) is 131 Å². The number of benzene rings is 4. The summed E-state index contributed by atoms with van der Waals surface area (Å²) in [5.74, 6) is 1.31. The van der Waals surface area contributed by atoms with Crippen LogP contribution in [0.15, 0.2) is 103 Å². The summed E-state index contributed by atoms with van der Waals surface area (Å²) in [7, 11) is 1.66. The molecule has 36 heavy (non-hydrogen) atoms. The van der Waals surface area contributed by atoms with Crippen LogP contribution in [0.4, 0.5) is 4.79 Å². The van der Waals surface area contributed by atoms with Crippen molar-refractivity contribution in [1.29, 1.82) is 0 Å². The van der Waals surface area contributed by atoms with Gasteiger partial charge in [0, 0.05) is 11.5 Å². The molecule has 0 saturated carbocycles. The number of carbonyl (C=O) groups excluding carboxylic acids is 1. The van der Waals surface area contributed by atoms with Gasteiger partial charge in [0.15, 0.2) is 6.23 Å². The van der Waals surface area contributed by atoms with Crippen molar-refractivity contribution in [1.82, 2.24) is 5.32 Å². The molecule has 0 saturated heterocycles. The molecule has 5 rings (SSSR count). The number of nitrogens with one attached hydrogen (secondary N) is 1. The number of aryl methyl sites for hydroxylation is 1. The Kier molecular flexibility index (Phi) is 6.89. The molecule has 1 amide bonds. The molecule has 1 heterocycles. The van der Waals surface area contributed by atoms with Gasteiger partial charge in [-0.25, -0.2) is 4.79 Å². The zero-order chi connectivity index (χ0) is 24.9. The maximum Gasteiger partial charge on any atom is 0.410 e. The van der Waals surface area contributed by atoms with E-state index in [2.05, 4.69) is 48.6 Å². The molecule has 0 fully saturated rings. The Morgan fingerprint density at radius 3 is 2.36 bits per heavy atom. The Morgan fingerprint density at radius 1 is 0.861 bits per heavy atom. The lowest BCUT2D eigenvalue weighted by Crippen LogP contribution is -2.48. The summed E-state index contributed by atoms with van der Waals surface area (Å²) in [6.45, 7) is 2.26. The topological polar surface area (TPSA) is 56.8 Å². The van der Waals surface area contributed by atoms with Gasteiger partial charge in [0.25, 0.3) is 0 Å². The second kappa shape index (κ2) is 10.6. The third-order valence-corrected chi connectivity index (χ3v) is 6.57. The fourth-order valence-electron chi connectivity index (χ4n) is 4.87. The summed E-state index contributed by atoms with van der Waals surface area (Å²) < 4.78 is 17.4. The number of ether oxygens (including phenoxy) is 3. The molecule has 182 valence electrons. The molecule has 0 bridgehead atoms. The summed E-state index contributed by atoms with van der Waals surface area (Å²) in [6, 6.07) is 34.1. The van der Waals surface area contributed by atoms with E-state index >= 15 is 0 Å². The fourth-order valence-corrected chi connectivity index (χ4v) is 4.87. The zero-order valence-corrected chi connectivity index (χ0v) is 20.4. The maximum atomic E-state index is 12.9. The first-order valence-electron chi connectivity index (χ1n) is 12.1. The average molecular weight is 480 g/mol. The van der Waals surface area contributed by atoms with Gasteiger partial charge < -0.3 is 14.2 Å². The minimum absolute atomic E-state index is 0.0536. The lowest BCUT2D eigenvalue weighted by molar-refractivity contribution is 0.0803. The van der Waals surface area contributed by atoms with Crippen molar-refractivity contribution in [3.63, 3.8) is 0 Å². The number of methoxy groups -OCH3 is 1. The Bertz CT molecular complexity index is 1320. The zero-order valence-electron chi connectivity index (χ0n) is 20.4. The summed E-state index contributed by atoms with van der Waals surface area (Å²) in [5.41, 5.74) is 5.34. The number of rotatable bonds is 6. The first kappa shape index (κ1) is 23.5. The number of para-hydroxylation sites is 1. The summed E-state index contributed by atoms with van der Waals surface area (Å²) in [5, 5.41) is 3.01. The fraction of sp³-hybridized carbons (Fsp3) is 0.194. The molecule has 5 nitrogen and oxygen atoms in total. The highest BCUT2D eigenvalue weighted by Crippen LogP contribution is 2.48. The normalized spacial score (nSPS) is 18.4. The van der Waals surface area contributed by atoms with Gasteiger partial charge in [0.05, 0.1) is 13.0 Å². The Balaban J connectivity index is 1.52. The second-order valence-corrected chi connectivity index (χ2v) is 8.97. The molecule has 0 aromatic heterocycles. The minimum atomic E-state index is -0.628. The van der Waals surface area contributed by atoms with Crippen LogP contribution >= 0.6 is 0 Å². The molecule has 0 aliphatic carbocycles. The van der Waals surface area contributed by atoms with Crippen molar-refractivity contribution in [2.45, 2.75) is 31.6 Å². The van der Waals surface area contributed by atoms with Gasteiger partial charge in [0.2, 0.25) is 0 Å². The molecule has 0 radical (unpaired) electrons. The maximum absolute atomic E-state index is 12.9. The average Bonchev–Trinajstić information content (AvgIpc) is 2.92. The highest BCUT2D eigenvalue weighted by Gasteiger charge is 2.41. The molecular formula is C31H29NO4. The Labute approximate surface area is 211 Å². The van der Waals surface area contributed by atoms with E-state index in [0.29, 0.717) is 0 Å². The molecule has 4 aromatic carbocycles.